The summed E-state index contributed by atoms with van der Waals surface area (Å²) in [5, 5.41) is 3.98. The third-order valence-corrected chi connectivity index (χ3v) is 3.63. The smallest absolute Gasteiger partial charge is 0.270 e. The van der Waals surface area contributed by atoms with Gasteiger partial charge in [-0.15, -0.1) is 0 Å². The van der Waals surface area contributed by atoms with Crippen molar-refractivity contribution in [2.24, 2.45) is 7.05 Å². The van der Waals surface area contributed by atoms with E-state index >= 15 is 0 Å². The summed E-state index contributed by atoms with van der Waals surface area (Å²) in [5.41, 5.74) is 1.03. The molecule has 1 N–H and O–H groups in total. The molecule has 2 heterocycles. The molecule has 4 nitrogen and oxygen atoms in total. The Morgan fingerprint density at radius 1 is 1.32 bits per heavy atom. The normalized spacial score (nSPS) is 16.0. The van der Waals surface area contributed by atoms with Crippen molar-refractivity contribution in [3.05, 3.63) is 35.8 Å². The van der Waals surface area contributed by atoms with E-state index in [0.29, 0.717) is 24.3 Å². The number of para-hydroxylation sites is 1. The fourth-order valence-corrected chi connectivity index (χ4v) is 2.60. The predicted molar refractivity (Wildman–Crippen MR) is 71.7 cm³/mol. The SMILES string of the molecule is Cn1c(C(=O)N2CCNCC2)cc2cccc(F)c21. The quantitative estimate of drug-likeness (QED) is 0.841. The molecular formula is C14H16FN3O. The average Bonchev–Trinajstić information content (AvgIpc) is 2.78. The van der Waals surface area contributed by atoms with Gasteiger partial charge in [-0.05, 0) is 12.1 Å². The Bertz CT molecular complexity index is 629. The first-order valence-electron chi connectivity index (χ1n) is 6.42. The topological polar surface area (TPSA) is 37.3 Å². The molecule has 5 heteroatoms. The van der Waals surface area contributed by atoms with Gasteiger partial charge in [-0.3, -0.25) is 4.79 Å². The molecule has 0 saturated carbocycles. The van der Waals surface area contributed by atoms with E-state index in [1.807, 2.05) is 11.0 Å². The van der Waals surface area contributed by atoms with Crippen LogP contribution in [0.15, 0.2) is 24.3 Å². The number of rotatable bonds is 1. The second kappa shape index (κ2) is 4.66. The highest BCUT2D eigenvalue weighted by Crippen LogP contribution is 2.22. The van der Waals surface area contributed by atoms with E-state index in [2.05, 4.69) is 5.32 Å². The maximum absolute atomic E-state index is 13.8. The number of amides is 1. The molecule has 3 rings (SSSR count). The zero-order valence-corrected chi connectivity index (χ0v) is 10.8. The highest BCUT2D eigenvalue weighted by molar-refractivity contribution is 5.98. The first-order valence-corrected chi connectivity index (χ1v) is 6.42. The van der Waals surface area contributed by atoms with Crippen LogP contribution in [0.5, 0.6) is 0 Å². The van der Waals surface area contributed by atoms with Gasteiger partial charge >= 0.3 is 0 Å². The van der Waals surface area contributed by atoms with Crippen molar-refractivity contribution < 1.29 is 9.18 Å². The molecule has 1 aliphatic rings. The number of nitrogens with one attached hydrogen (secondary N) is 1. The fourth-order valence-electron chi connectivity index (χ4n) is 2.60. The van der Waals surface area contributed by atoms with Crippen molar-refractivity contribution in [3.63, 3.8) is 0 Å². The van der Waals surface area contributed by atoms with Crippen molar-refractivity contribution in [2.45, 2.75) is 0 Å². The van der Waals surface area contributed by atoms with Crippen molar-refractivity contribution in [2.75, 3.05) is 26.2 Å². The molecular weight excluding hydrogens is 245 g/mol. The lowest BCUT2D eigenvalue weighted by Gasteiger charge is -2.27. The van der Waals surface area contributed by atoms with Gasteiger partial charge in [-0.25, -0.2) is 4.39 Å². The minimum absolute atomic E-state index is 0.0281. The predicted octanol–water partition coefficient (Wildman–Crippen LogP) is 1.36. The van der Waals surface area contributed by atoms with Gasteiger partial charge in [0.1, 0.15) is 11.5 Å². The monoisotopic (exact) mass is 261 g/mol. The highest BCUT2D eigenvalue weighted by Gasteiger charge is 2.22. The van der Waals surface area contributed by atoms with Crippen molar-refractivity contribution in [3.8, 4) is 0 Å². The average molecular weight is 261 g/mol. The number of aryl methyl sites for hydroxylation is 1. The molecule has 0 bridgehead atoms. The molecule has 1 saturated heterocycles. The first-order chi connectivity index (χ1) is 9.18. The number of aromatic nitrogens is 1. The van der Waals surface area contributed by atoms with Gasteiger partial charge in [0, 0.05) is 38.6 Å². The van der Waals surface area contributed by atoms with E-state index in [0.717, 1.165) is 18.5 Å². The molecule has 100 valence electrons. The summed E-state index contributed by atoms with van der Waals surface area (Å²) in [7, 11) is 1.74. The van der Waals surface area contributed by atoms with Gasteiger partial charge in [-0.2, -0.15) is 0 Å². The number of fused-ring (bicyclic) bond motifs is 1. The van der Waals surface area contributed by atoms with Gasteiger partial charge in [-0.1, -0.05) is 12.1 Å². The molecule has 0 spiro atoms. The van der Waals surface area contributed by atoms with Crippen LogP contribution in [0.25, 0.3) is 10.9 Å². The van der Waals surface area contributed by atoms with Crippen LogP contribution in [0.2, 0.25) is 0 Å². The Labute approximate surface area is 110 Å². The Morgan fingerprint density at radius 2 is 2.05 bits per heavy atom. The Balaban J connectivity index is 2.03. The maximum atomic E-state index is 13.8. The largest absolute Gasteiger partial charge is 0.337 e. The van der Waals surface area contributed by atoms with E-state index in [-0.39, 0.29) is 11.7 Å². The zero-order valence-electron chi connectivity index (χ0n) is 10.8. The summed E-state index contributed by atoms with van der Waals surface area (Å²) >= 11 is 0. The minimum Gasteiger partial charge on any atom is -0.337 e. The Hall–Kier alpha value is -1.88. The summed E-state index contributed by atoms with van der Waals surface area (Å²) in [5.74, 6) is -0.320. The van der Waals surface area contributed by atoms with Crippen LogP contribution in [0, 0.1) is 5.82 Å². The van der Waals surface area contributed by atoms with Crippen LogP contribution in [0.1, 0.15) is 10.5 Å². The van der Waals surface area contributed by atoms with Crippen LogP contribution >= 0.6 is 0 Å². The lowest BCUT2D eigenvalue weighted by Crippen LogP contribution is -2.46. The second-order valence-electron chi connectivity index (χ2n) is 4.81. The highest BCUT2D eigenvalue weighted by atomic mass is 19.1. The van der Waals surface area contributed by atoms with E-state index in [1.54, 1.807) is 23.7 Å². The maximum Gasteiger partial charge on any atom is 0.270 e. The molecule has 0 atom stereocenters. The van der Waals surface area contributed by atoms with Crippen molar-refractivity contribution >= 4 is 16.8 Å². The van der Waals surface area contributed by atoms with Crippen LogP contribution < -0.4 is 5.32 Å². The van der Waals surface area contributed by atoms with Gasteiger partial charge in [0.2, 0.25) is 0 Å². The summed E-state index contributed by atoms with van der Waals surface area (Å²) < 4.78 is 15.5. The lowest BCUT2D eigenvalue weighted by molar-refractivity contribution is 0.0726. The molecule has 1 aromatic carbocycles. The Morgan fingerprint density at radius 3 is 2.74 bits per heavy atom. The van der Waals surface area contributed by atoms with E-state index in [4.69, 9.17) is 0 Å². The number of piperazine rings is 1. The summed E-state index contributed by atoms with van der Waals surface area (Å²) in [6.45, 7) is 3.01. The zero-order chi connectivity index (χ0) is 13.4. The van der Waals surface area contributed by atoms with Crippen molar-refractivity contribution in [1.29, 1.82) is 0 Å². The number of hydrogen-bond acceptors (Lipinski definition) is 2. The molecule has 1 aliphatic heterocycles. The number of nitrogens with zero attached hydrogens (tertiary/aromatic N) is 2. The third kappa shape index (κ3) is 2.00. The standard InChI is InChI=1S/C14H16FN3O/c1-17-12(14(19)18-7-5-16-6-8-18)9-10-3-2-4-11(15)13(10)17/h2-4,9,16H,5-8H2,1H3. The van der Waals surface area contributed by atoms with E-state index in [1.165, 1.54) is 6.07 Å². The van der Waals surface area contributed by atoms with Crippen LogP contribution in [0.3, 0.4) is 0 Å². The number of carbonyl (C=O) groups excluding carboxylic acids is 1. The number of carbonyl (C=O) groups is 1. The first kappa shape index (κ1) is 12.2. The van der Waals surface area contributed by atoms with Crippen molar-refractivity contribution in [1.82, 2.24) is 14.8 Å². The summed E-state index contributed by atoms with van der Waals surface area (Å²) in [6.07, 6.45) is 0. The number of hydrogen-bond donors (Lipinski definition) is 1. The fraction of sp³-hybridized carbons (Fsp3) is 0.357. The molecule has 0 unspecified atom stereocenters. The summed E-state index contributed by atoms with van der Waals surface area (Å²) in [6, 6.07) is 6.67. The molecule has 1 aromatic heterocycles. The van der Waals surface area contributed by atoms with Crippen LogP contribution in [-0.4, -0.2) is 41.6 Å². The summed E-state index contributed by atoms with van der Waals surface area (Å²) in [4.78, 5) is 14.3. The number of benzene rings is 1. The van der Waals surface area contributed by atoms with Gasteiger partial charge in [0.25, 0.3) is 5.91 Å². The van der Waals surface area contributed by atoms with Crippen LogP contribution in [-0.2, 0) is 7.05 Å². The molecule has 1 fully saturated rings. The van der Waals surface area contributed by atoms with Crippen LogP contribution in [0.4, 0.5) is 4.39 Å². The molecule has 2 aromatic rings. The molecule has 0 radical (unpaired) electrons. The van der Waals surface area contributed by atoms with Gasteiger partial charge in [0.15, 0.2) is 0 Å². The number of halogens is 1. The van der Waals surface area contributed by atoms with E-state index in [9.17, 15) is 9.18 Å². The van der Waals surface area contributed by atoms with Gasteiger partial charge < -0.3 is 14.8 Å². The molecule has 0 aliphatic carbocycles. The third-order valence-electron chi connectivity index (χ3n) is 3.63. The van der Waals surface area contributed by atoms with E-state index < -0.39 is 0 Å². The van der Waals surface area contributed by atoms with Gasteiger partial charge in [0.05, 0.1) is 5.52 Å². The lowest BCUT2D eigenvalue weighted by atomic mass is 10.2. The molecule has 1 amide bonds. The second-order valence-corrected chi connectivity index (χ2v) is 4.81. The molecule has 19 heavy (non-hydrogen) atoms. The Kier molecular flexibility index (Phi) is 2.98. The minimum atomic E-state index is -0.292.